The Morgan fingerprint density at radius 2 is 2.17 bits per heavy atom. The van der Waals surface area contributed by atoms with Gasteiger partial charge in [0.15, 0.2) is 5.82 Å². The fraction of sp³-hybridized carbons (Fsp3) is 0.167. The number of rotatable bonds is 2. The van der Waals surface area contributed by atoms with Gasteiger partial charge in [-0.1, -0.05) is 18.5 Å². The van der Waals surface area contributed by atoms with Crippen LogP contribution in [0.2, 0.25) is 5.15 Å². The van der Waals surface area contributed by atoms with Crippen molar-refractivity contribution in [1.82, 2.24) is 9.97 Å². The number of aryl methyl sites for hydroxylation is 1. The average molecular weight is 360 g/mol. The SMILES string of the molecule is CCc1cc2c(Cl)nc(-c3cc(Br)cs3)nc2s1. The Kier molecular flexibility index (Phi) is 3.40. The molecule has 3 aromatic rings. The van der Waals surface area contributed by atoms with E-state index < -0.39 is 0 Å². The molecule has 0 amide bonds. The maximum Gasteiger partial charge on any atom is 0.172 e. The van der Waals surface area contributed by atoms with E-state index in [0.717, 1.165) is 26.0 Å². The lowest BCUT2D eigenvalue weighted by molar-refractivity contribution is 1.19. The highest BCUT2D eigenvalue weighted by atomic mass is 79.9. The lowest BCUT2D eigenvalue weighted by Gasteiger charge is -1.98. The predicted molar refractivity (Wildman–Crippen MR) is 82.8 cm³/mol. The van der Waals surface area contributed by atoms with Crippen molar-refractivity contribution in [2.45, 2.75) is 13.3 Å². The Bertz CT molecular complexity index is 720. The van der Waals surface area contributed by atoms with Crippen LogP contribution in [-0.4, -0.2) is 9.97 Å². The number of hydrogen-bond acceptors (Lipinski definition) is 4. The molecular formula is C12H8BrClN2S2. The van der Waals surface area contributed by atoms with Gasteiger partial charge in [0, 0.05) is 20.1 Å². The van der Waals surface area contributed by atoms with Crippen LogP contribution in [0.1, 0.15) is 11.8 Å². The molecule has 0 bridgehead atoms. The van der Waals surface area contributed by atoms with Crippen LogP contribution in [0.5, 0.6) is 0 Å². The standard InChI is InChI=1S/C12H8BrClN2S2/c1-2-7-4-8-10(14)15-11(16-12(8)18-7)9-3-6(13)5-17-9/h3-5H,2H2,1H3. The Morgan fingerprint density at radius 1 is 1.33 bits per heavy atom. The van der Waals surface area contributed by atoms with Gasteiger partial charge in [0.1, 0.15) is 9.98 Å². The van der Waals surface area contributed by atoms with Gasteiger partial charge in [0.2, 0.25) is 0 Å². The molecule has 0 aromatic carbocycles. The normalized spacial score (nSPS) is 11.3. The number of nitrogens with zero attached hydrogens (tertiary/aromatic N) is 2. The van der Waals surface area contributed by atoms with E-state index >= 15 is 0 Å². The molecule has 3 rings (SSSR count). The summed E-state index contributed by atoms with van der Waals surface area (Å²) in [5.41, 5.74) is 0. The van der Waals surface area contributed by atoms with Gasteiger partial charge >= 0.3 is 0 Å². The molecule has 2 nitrogen and oxygen atoms in total. The highest BCUT2D eigenvalue weighted by Gasteiger charge is 2.12. The first kappa shape index (κ1) is 12.5. The summed E-state index contributed by atoms with van der Waals surface area (Å²) in [5.74, 6) is 0.702. The highest BCUT2D eigenvalue weighted by Crippen LogP contribution is 2.33. The van der Waals surface area contributed by atoms with Crippen molar-refractivity contribution in [3.05, 3.63) is 32.0 Å². The third-order valence-electron chi connectivity index (χ3n) is 2.53. The zero-order valence-corrected chi connectivity index (χ0v) is 13.4. The number of fused-ring (bicyclic) bond motifs is 1. The maximum atomic E-state index is 6.24. The van der Waals surface area contributed by atoms with Crippen LogP contribution < -0.4 is 0 Å². The van der Waals surface area contributed by atoms with Crippen LogP contribution in [0.3, 0.4) is 0 Å². The Balaban J connectivity index is 2.20. The lowest BCUT2D eigenvalue weighted by Crippen LogP contribution is -1.86. The summed E-state index contributed by atoms with van der Waals surface area (Å²) in [6.07, 6.45) is 0.997. The average Bonchev–Trinajstić information content (AvgIpc) is 2.94. The molecule has 0 fully saturated rings. The fourth-order valence-corrected chi connectivity index (χ4v) is 4.26. The van der Waals surface area contributed by atoms with E-state index in [1.165, 1.54) is 4.88 Å². The summed E-state index contributed by atoms with van der Waals surface area (Å²) in [5, 5.41) is 3.51. The molecule has 0 N–H and O–H groups in total. The van der Waals surface area contributed by atoms with Crippen molar-refractivity contribution >= 4 is 60.4 Å². The molecule has 0 aliphatic heterocycles. The highest BCUT2D eigenvalue weighted by molar-refractivity contribution is 9.10. The van der Waals surface area contributed by atoms with Crippen LogP contribution in [0, 0.1) is 0 Å². The summed E-state index contributed by atoms with van der Waals surface area (Å²) in [4.78, 5) is 12.3. The third kappa shape index (κ3) is 2.20. The van der Waals surface area contributed by atoms with Gasteiger partial charge in [-0.15, -0.1) is 22.7 Å². The van der Waals surface area contributed by atoms with Crippen LogP contribution in [0.25, 0.3) is 20.9 Å². The second-order valence-corrected chi connectivity index (χ2v) is 7.05. The molecule has 0 atom stereocenters. The van der Waals surface area contributed by atoms with Crippen molar-refractivity contribution in [2.75, 3.05) is 0 Å². The Hall–Kier alpha value is -0.490. The summed E-state index contributed by atoms with van der Waals surface area (Å²) in [6.45, 7) is 2.13. The molecule has 0 unspecified atom stereocenters. The molecule has 3 heterocycles. The van der Waals surface area contributed by atoms with E-state index in [-0.39, 0.29) is 0 Å². The third-order valence-corrected chi connectivity index (χ3v) is 5.68. The number of aromatic nitrogens is 2. The van der Waals surface area contributed by atoms with E-state index in [4.69, 9.17) is 11.6 Å². The van der Waals surface area contributed by atoms with Gasteiger partial charge in [-0.25, -0.2) is 9.97 Å². The van der Waals surface area contributed by atoms with E-state index in [2.05, 4.69) is 38.9 Å². The Labute approximate surface area is 126 Å². The number of hydrogen-bond donors (Lipinski definition) is 0. The van der Waals surface area contributed by atoms with Crippen molar-refractivity contribution in [2.24, 2.45) is 0 Å². The minimum atomic E-state index is 0.537. The first-order valence-electron chi connectivity index (χ1n) is 5.37. The summed E-state index contributed by atoms with van der Waals surface area (Å²) in [6, 6.07) is 4.09. The zero-order valence-electron chi connectivity index (χ0n) is 9.41. The van der Waals surface area contributed by atoms with Gasteiger partial charge < -0.3 is 0 Å². The van der Waals surface area contributed by atoms with E-state index in [0.29, 0.717) is 11.0 Å². The Morgan fingerprint density at radius 3 is 2.83 bits per heavy atom. The van der Waals surface area contributed by atoms with Gasteiger partial charge in [0.25, 0.3) is 0 Å². The second-order valence-electron chi connectivity index (χ2n) is 3.75. The summed E-state index contributed by atoms with van der Waals surface area (Å²) < 4.78 is 1.04. The summed E-state index contributed by atoms with van der Waals surface area (Å²) >= 11 is 13.0. The van der Waals surface area contributed by atoms with Crippen molar-refractivity contribution < 1.29 is 0 Å². The molecule has 0 aliphatic rings. The smallest absolute Gasteiger partial charge is 0.172 e. The largest absolute Gasteiger partial charge is 0.216 e. The second kappa shape index (κ2) is 4.89. The van der Waals surface area contributed by atoms with Crippen LogP contribution >= 0.6 is 50.2 Å². The zero-order chi connectivity index (χ0) is 12.7. The molecule has 92 valence electrons. The van der Waals surface area contributed by atoms with Crippen LogP contribution in [0.4, 0.5) is 0 Å². The van der Waals surface area contributed by atoms with Crippen molar-refractivity contribution in [3.63, 3.8) is 0 Å². The van der Waals surface area contributed by atoms with Gasteiger partial charge in [-0.05, 0) is 34.5 Å². The van der Waals surface area contributed by atoms with Crippen LogP contribution in [0.15, 0.2) is 22.0 Å². The number of thiophene rings is 2. The molecule has 6 heteroatoms. The molecule has 0 saturated carbocycles. The van der Waals surface area contributed by atoms with Crippen LogP contribution in [-0.2, 0) is 6.42 Å². The van der Waals surface area contributed by atoms with Gasteiger partial charge in [-0.3, -0.25) is 0 Å². The molecule has 0 radical (unpaired) electrons. The number of halogens is 2. The minimum Gasteiger partial charge on any atom is -0.216 e. The molecule has 0 saturated heterocycles. The molecule has 0 aliphatic carbocycles. The summed E-state index contributed by atoms with van der Waals surface area (Å²) in [7, 11) is 0. The van der Waals surface area contributed by atoms with Gasteiger partial charge in [0.05, 0.1) is 4.88 Å². The molecule has 0 spiro atoms. The maximum absolute atomic E-state index is 6.24. The first-order chi connectivity index (χ1) is 8.67. The minimum absolute atomic E-state index is 0.537. The fourth-order valence-electron chi connectivity index (χ4n) is 1.65. The van der Waals surface area contributed by atoms with E-state index in [1.807, 2.05) is 11.4 Å². The van der Waals surface area contributed by atoms with Crippen molar-refractivity contribution in [1.29, 1.82) is 0 Å². The molecular weight excluding hydrogens is 352 g/mol. The quantitative estimate of drug-likeness (QED) is 0.573. The van der Waals surface area contributed by atoms with Gasteiger partial charge in [-0.2, -0.15) is 0 Å². The van der Waals surface area contributed by atoms with E-state index in [1.54, 1.807) is 22.7 Å². The monoisotopic (exact) mass is 358 g/mol. The molecule has 3 aromatic heterocycles. The first-order valence-corrected chi connectivity index (χ1v) is 8.24. The van der Waals surface area contributed by atoms with Crippen molar-refractivity contribution in [3.8, 4) is 10.7 Å². The molecule has 18 heavy (non-hydrogen) atoms. The van der Waals surface area contributed by atoms with E-state index in [9.17, 15) is 0 Å². The topological polar surface area (TPSA) is 25.8 Å². The lowest BCUT2D eigenvalue weighted by atomic mass is 10.3. The predicted octanol–water partition coefficient (Wildman–Crippen LogP) is 5.40.